The molecule has 0 fully saturated rings. The van der Waals surface area contributed by atoms with Crippen molar-refractivity contribution in [1.29, 1.82) is 0 Å². The number of hydrogen-bond donors (Lipinski definition) is 1. The molecule has 1 atom stereocenters. The van der Waals surface area contributed by atoms with Gasteiger partial charge in [0, 0.05) is 29.8 Å². The molecule has 138 valence electrons. The maximum absolute atomic E-state index is 9.54. The van der Waals surface area contributed by atoms with Crippen molar-refractivity contribution in [2.45, 2.75) is 25.9 Å². The van der Waals surface area contributed by atoms with E-state index in [1.54, 1.807) is 31.6 Å². The molecule has 27 heavy (non-hydrogen) atoms. The molecule has 0 amide bonds. The normalized spacial score (nSPS) is 12.4. The Morgan fingerprint density at radius 2 is 2.15 bits per heavy atom. The fourth-order valence-corrected chi connectivity index (χ4v) is 3.71. The van der Waals surface area contributed by atoms with Crippen LogP contribution in [0.1, 0.15) is 19.2 Å². The number of aryl methyl sites for hydroxylation is 1. The van der Waals surface area contributed by atoms with Crippen LogP contribution in [-0.4, -0.2) is 37.7 Å². The van der Waals surface area contributed by atoms with Crippen molar-refractivity contribution in [3.05, 3.63) is 53.9 Å². The molecule has 7 heteroatoms. The monoisotopic (exact) mass is 380 g/mol. The van der Waals surface area contributed by atoms with Gasteiger partial charge in [-0.05, 0) is 31.5 Å². The summed E-state index contributed by atoms with van der Waals surface area (Å²) in [6.07, 6.45) is 4.66. The average molecular weight is 380 g/mol. The Balaban J connectivity index is 1.83. The summed E-state index contributed by atoms with van der Waals surface area (Å²) >= 11 is 1.58. The number of aromatic nitrogens is 4. The summed E-state index contributed by atoms with van der Waals surface area (Å²) in [5.74, 6) is 1.50. The molecule has 4 rings (SSSR count). The Labute approximate surface area is 161 Å². The lowest BCUT2D eigenvalue weighted by molar-refractivity contribution is 0.184. The molecule has 0 aliphatic rings. The maximum atomic E-state index is 9.54. The number of imidazole rings is 1. The number of aliphatic hydroxyl groups is 1. The number of aliphatic hydroxyl groups excluding tert-OH is 1. The molecule has 0 bridgehead atoms. The number of thiazole rings is 1. The summed E-state index contributed by atoms with van der Waals surface area (Å²) in [7, 11) is 1.66. The number of benzene rings is 1. The molecule has 3 aromatic heterocycles. The van der Waals surface area contributed by atoms with Crippen LogP contribution in [0, 0.1) is 0 Å². The Kier molecular flexibility index (Phi) is 4.87. The molecular formula is C20H20N4O2S. The van der Waals surface area contributed by atoms with Crippen molar-refractivity contribution < 1.29 is 9.84 Å². The highest BCUT2D eigenvalue weighted by atomic mass is 32.1. The van der Waals surface area contributed by atoms with Crippen LogP contribution in [-0.2, 0) is 6.42 Å². The second kappa shape index (κ2) is 7.46. The highest BCUT2D eigenvalue weighted by Gasteiger charge is 2.18. The lowest BCUT2D eigenvalue weighted by atomic mass is 10.1. The molecule has 3 heterocycles. The van der Waals surface area contributed by atoms with Crippen LogP contribution in [0.5, 0.6) is 5.75 Å². The highest BCUT2D eigenvalue weighted by molar-refractivity contribution is 7.15. The second-order valence-corrected chi connectivity index (χ2v) is 7.22. The van der Waals surface area contributed by atoms with Gasteiger partial charge in [0.15, 0.2) is 4.96 Å². The van der Waals surface area contributed by atoms with Crippen LogP contribution in [0.2, 0.25) is 0 Å². The summed E-state index contributed by atoms with van der Waals surface area (Å²) in [5.41, 5.74) is 3.58. The van der Waals surface area contributed by atoms with E-state index in [9.17, 15) is 5.11 Å². The van der Waals surface area contributed by atoms with Gasteiger partial charge in [0.1, 0.15) is 17.3 Å². The zero-order valence-corrected chi connectivity index (χ0v) is 16.0. The molecule has 1 aromatic carbocycles. The lowest BCUT2D eigenvalue weighted by Crippen LogP contribution is -2.05. The summed E-state index contributed by atoms with van der Waals surface area (Å²) < 4.78 is 7.43. The zero-order valence-electron chi connectivity index (χ0n) is 15.2. The summed E-state index contributed by atoms with van der Waals surface area (Å²) in [6.45, 7) is 1.77. The van der Waals surface area contributed by atoms with Crippen molar-refractivity contribution in [3.63, 3.8) is 0 Å². The van der Waals surface area contributed by atoms with Crippen LogP contribution in [0.4, 0.5) is 0 Å². The van der Waals surface area contributed by atoms with Crippen LogP contribution in [0.15, 0.2) is 48.1 Å². The SMILES string of the molecule is COc1cccc(-c2nc3sccn3c2-c2ccnc(CCC(C)O)n2)c1. The number of nitrogens with zero attached hydrogens (tertiary/aromatic N) is 4. The van der Waals surface area contributed by atoms with E-state index in [1.165, 1.54) is 0 Å². The summed E-state index contributed by atoms with van der Waals surface area (Å²) in [6, 6.07) is 9.77. The first kappa shape index (κ1) is 17.6. The number of ether oxygens (including phenoxy) is 1. The van der Waals surface area contributed by atoms with E-state index in [1.807, 2.05) is 41.9 Å². The third kappa shape index (κ3) is 3.56. The van der Waals surface area contributed by atoms with E-state index in [0.717, 1.165) is 39.2 Å². The van der Waals surface area contributed by atoms with Gasteiger partial charge < -0.3 is 9.84 Å². The average Bonchev–Trinajstić information content (AvgIpc) is 3.27. The van der Waals surface area contributed by atoms with Gasteiger partial charge in [0.05, 0.1) is 24.6 Å². The Hall–Kier alpha value is -2.77. The van der Waals surface area contributed by atoms with Gasteiger partial charge in [-0.2, -0.15) is 0 Å². The van der Waals surface area contributed by atoms with Crippen LogP contribution in [0.3, 0.4) is 0 Å². The van der Waals surface area contributed by atoms with E-state index in [2.05, 4.69) is 9.38 Å². The predicted molar refractivity (Wildman–Crippen MR) is 106 cm³/mol. The minimum Gasteiger partial charge on any atom is -0.497 e. The van der Waals surface area contributed by atoms with Crippen molar-refractivity contribution in [2.24, 2.45) is 0 Å². The molecule has 0 saturated heterocycles. The molecular weight excluding hydrogens is 360 g/mol. The smallest absolute Gasteiger partial charge is 0.194 e. The van der Waals surface area contributed by atoms with Crippen molar-refractivity contribution in [1.82, 2.24) is 19.4 Å². The van der Waals surface area contributed by atoms with Gasteiger partial charge in [-0.15, -0.1) is 11.3 Å². The highest BCUT2D eigenvalue weighted by Crippen LogP contribution is 2.34. The predicted octanol–water partition coefficient (Wildman–Crippen LogP) is 3.84. The summed E-state index contributed by atoms with van der Waals surface area (Å²) in [4.78, 5) is 14.8. The minimum absolute atomic E-state index is 0.372. The Bertz CT molecular complexity index is 1070. The topological polar surface area (TPSA) is 72.5 Å². The van der Waals surface area contributed by atoms with Crippen molar-refractivity contribution >= 4 is 16.3 Å². The Morgan fingerprint density at radius 1 is 1.26 bits per heavy atom. The van der Waals surface area contributed by atoms with Crippen LogP contribution >= 0.6 is 11.3 Å². The van der Waals surface area contributed by atoms with Crippen LogP contribution < -0.4 is 4.74 Å². The molecule has 1 unspecified atom stereocenters. The second-order valence-electron chi connectivity index (χ2n) is 6.34. The molecule has 6 nitrogen and oxygen atoms in total. The lowest BCUT2D eigenvalue weighted by Gasteiger charge is -2.08. The van der Waals surface area contributed by atoms with E-state index in [4.69, 9.17) is 14.7 Å². The van der Waals surface area contributed by atoms with E-state index in [-0.39, 0.29) is 6.10 Å². The number of methoxy groups -OCH3 is 1. The zero-order chi connectivity index (χ0) is 18.8. The molecule has 0 radical (unpaired) electrons. The number of rotatable bonds is 6. The van der Waals surface area contributed by atoms with Gasteiger partial charge in [0.2, 0.25) is 0 Å². The molecule has 1 N–H and O–H groups in total. The summed E-state index contributed by atoms with van der Waals surface area (Å²) in [5, 5.41) is 11.6. The standard InChI is InChI=1S/C20H20N4O2S/c1-13(25)6-7-17-21-9-8-16(22-17)19-18(23-20-24(19)10-11-27-20)14-4-3-5-15(12-14)26-2/h3-5,8-13,25H,6-7H2,1-2H3. The first-order valence-electron chi connectivity index (χ1n) is 8.76. The molecule has 0 aliphatic heterocycles. The van der Waals surface area contributed by atoms with Gasteiger partial charge >= 0.3 is 0 Å². The fraction of sp³-hybridized carbons (Fsp3) is 0.250. The largest absolute Gasteiger partial charge is 0.497 e. The number of fused-ring (bicyclic) bond motifs is 1. The van der Waals surface area contributed by atoms with Crippen molar-refractivity contribution in [2.75, 3.05) is 7.11 Å². The van der Waals surface area contributed by atoms with E-state index >= 15 is 0 Å². The maximum Gasteiger partial charge on any atom is 0.194 e. The van der Waals surface area contributed by atoms with E-state index < -0.39 is 0 Å². The number of hydrogen-bond acceptors (Lipinski definition) is 6. The van der Waals surface area contributed by atoms with E-state index in [0.29, 0.717) is 12.8 Å². The van der Waals surface area contributed by atoms with Gasteiger partial charge in [-0.1, -0.05) is 12.1 Å². The third-order valence-electron chi connectivity index (χ3n) is 4.34. The first-order chi connectivity index (χ1) is 13.2. The minimum atomic E-state index is -0.372. The van der Waals surface area contributed by atoms with Gasteiger partial charge in [-0.25, -0.2) is 15.0 Å². The van der Waals surface area contributed by atoms with Gasteiger partial charge in [0.25, 0.3) is 0 Å². The molecule has 0 saturated carbocycles. The Morgan fingerprint density at radius 3 is 2.96 bits per heavy atom. The third-order valence-corrected chi connectivity index (χ3v) is 5.10. The first-order valence-corrected chi connectivity index (χ1v) is 9.64. The molecule has 0 spiro atoms. The van der Waals surface area contributed by atoms with Crippen molar-refractivity contribution in [3.8, 4) is 28.4 Å². The molecule has 0 aliphatic carbocycles. The molecule has 4 aromatic rings. The fourth-order valence-electron chi connectivity index (χ4n) is 2.99. The van der Waals surface area contributed by atoms with Crippen LogP contribution in [0.25, 0.3) is 27.6 Å². The van der Waals surface area contributed by atoms with Gasteiger partial charge in [-0.3, -0.25) is 4.40 Å². The quantitative estimate of drug-likeness (QED) is 0.550.